The van der Waals surface area contributed by atoms with E-state index in [1.54, 1.807) is 24.3 Å². The van der Waals surface area contributed by atoms with Gasteiger partial charge in [-0.05, 0) is 17.7 Å². The number of ketones is 1. The molecule has 1 atom stereocenters. The average Bonchev–Trinajstić information content (AvgIpc) is 2.84. The average molecular weight is 297 g/mol. The lowest BCUT2D eigenvalue weighted by Gasteiger charge is -2.16. The van der Waals surface area contributed by atoms with Crippen LogP contribution in [0.4, 0.5) is 11.4 Å². The Labute approximate surface area is 125 Å². The van der Waals surface area contributed by atoms with Gasteiger partial charge in [0.25, 0.3) is 5.69 Å². The highest BCUT2D eigenvalue weighted by Crippen LogP contribution is 2.26. The number of Topliss-reactive ketones (excluding diaryl/α,β-unsaturated/α-hetero) is 1. The van der Waals surface area contributed by atoms with Gasteiger partial charge in [0.1, 0.15) is 6.04 Å². The first-order chi connectivity index (χ1) is 10.6. The lowest BCUT2D eigenvalue weighted by Crippen LogP contribution is -2.35. The maximum atomic E-state index is 12.1. The van der Waals surface area contributed by atoms with E-state index < -0.39 is 22.7 Å². The van der Waals surface area contributed by atoms with Crippen molar-refractivity contribution in [2.75, 3.05) is 5.01 Å². The van der Waals surface area contributed by atoms with Gasteiger partial charge in [-0.15, -0.1) is 0 Å². The van der Waals surface area contributed by atoms with Crippen molar-refractivity contribution in [3.8, 4) is 0 Å². The Kier molecular flexibility index (Phi) is 3.40. The lowest BCUT2D eigenvalue weighted by atomic mass is 10.0. The normalized spacial score (nSPS) is 17.8. The van der Waals surface area contributed by atoms with E-state index in [4.69, 9.17) is 0 Å². The second-order valence-corrected chi connectivity index (χ2v) is 4.75. The minimum atomic E-state index is -0.746. The first-order valence-electron chi connectivity index (χ1n) is 6.52. The molecular weight excluding hydrogens is 286 g/mol. The van der Waals surface area contributed by atoms with E-state index >= 15 is 0 Å². The number of nitro groups is 1. The minimum Gasteiger partial charge on any atom is -0.286 e. The van der Waals surface area contributed by atoms with E-state index in [0.29, 0.717) is 11.3 Å². The molecule has 1 N–H and O–H groups in total. The summed E-state index contributed by atoms with van der Waals surface area (Å²) >= 11 is 0. The summed E-state index contributed by atoms with van der Waals surface area (Å²) in [4.78, 5) is 34.3. The predicted molar refractivity (Wildman–Crippen MR) is 77.9 cm³/mol. The minimum absolute atomic E-state index is 0.0821. The molecule has 7 heteroatoms. The number of hydrogen-bond donors (Lipinski definition) is 1. The molecule has 2 aromatic carbocycles. The zero-order valence-electron chi connectivity index (χ0n) is 11.3. The molecule has 1 fully saturated rings. The molecule has 3 rings (SSSR count). The predicted octanol–water partition coefficient (Wildman–Crippen LogP) is 1.76. The number of anilines is 1. The van der Waals surface area contributed by atoms with E-state index in [1.807, 2.05) is 6.07 Å². The topological polar surface area (TPSA) is 92.5 Å². The molecule has 1 amide bonds. The summed E-state index contributed by atoms with van der Waals surface area (Å²) in [5.41, 5.74) is 3.82. The number of non-ortho nitro benzene ring substituents is 1. The number of nitro benzene ring substituents is 1. The van der Waals surface area contributed by atoms with Gasteiger partial charge in [-0.1, -0.05) is 30.3 Å². The van der Waals surface area contributed by atoms with E-state index in [9.17, 15) is 19.7 Å². The highest BCUT2D eigenvalue weighted by molar-refractivity contribution is 6.45. The fourth-order valence-corrected chi connectivity index (χ4v) is 2.27. The molecule has 1 heterocycles. The fraction of sp³-hybridized carbons (Fsp3) is 0.0667. The highest BCUT2D eigenvalue weighted by atomic mass is 16.6. The van der Waals surface area contributed by atoms with E-state index in [0.717, 1.165) is 5.01 Å². The van der Waals surface area contributed by atoms with Gasteiger partial charge in [-0.25, -0.2) is 10.4 Å². The molecule has 0 aliphatic carbocycles. The molecule has 0 aromatic heterocycles. The monoisotopic (exact) mass is 297 g/mol. The van der Waals surface area contributed by atoms with Crippen LogP contribution in [-0.2, 0) is 9.59 Å². The Balaban J connectivity index is 1.88. The van der Waals surface area contributed by atoms with Crippen LogP contribution < -0.4 is 10.4 Å². The largest absolute Gasteiger partial charge is 0.310 e. The highest BCUT2D eigenvalue weighted by Gasteiger charge is 2.40. The van der Waals surface area contributed by atoms with Crippen molar-refractivity contribution < 1.29 is 14.5 Å². The van der Waals surface area contributed by atoms with Gasteiger partial charge in [0, 0.05) is 12.1 Å². The van der Waals surface area contributed by atoms with E-state index in [1.165, 1.54) is 24.3 Å². The fourth-order valence-electron chi connectivity index (χ4n) is 2.27. The van der Waals surface area contributed by atoms with Crippen LogP contribution in [0.3, 0.4) is 0 Å². The zero-order valence-corrected chi connectivity index (χ0v) is 11.3. The number of nitrogens with one attached hydrogen (secondary N) is 1. The summed E-state index contributed by atoms with van der Waals surface area (Å²) in [5.74, 6) is -1.26. The van der Waals surface area contributed by atoms with Crippen LogP contribution in [0.1, 0.15) is 11.6 Å². The van der Waals surface area contributed by atoms with Gasteiger partial charge in [-0.3, -0.25) is 19.7 Å². The number of amides is 1. The SMILES string of the molecule is O=C1C(=O)N(c2ccc([N+](=O)[O-])cc2)NC1c1ccccc1. The van der Waals surface area contributed by atoms with Crippen molar-refractivity contribution in [1.82, 2.24) is 5.43 Å². The molecule has 0 radical (unpaired) electrons. The Morgan fingerprint density at radius 3 is 2.23 bits per heavy atom. The van der Waals surface area contributed by atoms with Crippen molar-refractivity contribution in [2.24, 2.45) is 0 Å². The van der Waals surface area contributed by atoms with Crippen molar-refractivity contribution in [2.45, 2.75) is 6.04 Å². The Morgan fingerprint density at radius 2 is 1.64 bits per heavy atom. The molecule has 1 saturated heterocycles. The maximum Gasteiger partial charge on any atom is 0.310 e. The van der Waals surface area contributed by atoms with Gasteiger partial charge in [0.05, 0.1) is 10.6 Å². The maximum absolute atomic E-state index is 12.1. The van der Waals surface area contributed by atoms with Gasteiger partial charge in [0.2, 0.25) is 5.78 Å². The molecular formula is C15H11N3O4. The molecule has 0 bridgehead atoms. The number of hydrogen-bond acceptors (Lipinski definition) is 5. The molecule has 1 aliphatic rings. The first-order valence-corrected chi connectivity index (χ1v) is 6.52. The molecule has 2 aromatic rings. The van der Waals surface area contributed by atoms with Gasteiger partial charge in [0.15, 0.2) is 0 Å². The summed E-state index contributed by atoms with van der Waals surface area (Å²) in [5, 5.41) is 11.8. The van der Waals surface area contributed by atoms with E-state index in [-0.39, 0.29) is 5.69 Å². The molecule has 0 spiro atoms. The van der Waals surface area contributed by atoms with Gasteiger partial charge >= 0.3 is 5.91 Å². The van der Waals surface area contributed by atoms with E-state index in [2.05, 4.69) is 5.43 Å². The number of hydrazine groups is 1. The third kappa shape index (κ3) is 2.33. The van der Waals surface area contributed by atoms with Crippen LogP contribution in [0.2, 0.25) is 0 Å². The van der Waals surface area contributed by atoms with Crippen LogP contribution in [-0.4, -0.2) is 16.6 Å². The summed E-state index contributed by atoms with van der Waals surface area (Å²) in [6.45, 7) is 0. The van der Waals surface area contributed by atoms with Crippen LogP contribution in [0.25, 0.3) is 0 Å². The van der Waals surface area contributed by atoms with Crippen LogP contribution in [0.15, 0.2) is 54.6 Å². The summed E-state index contributed by atoms with van der Waals surface area (Å²) in [6.07, 6.45) is 0. The number of rotatable bonds is 3. The van der Waals surface area contributed by atoms with Crippen LogP contribution >= 0.6 is 0 Å². The number of carbonyl (C=O) groups is 2. The lowest BCUT2D eigenvalue weighted by molar-refractivity contribution is -0.384. The second-order valence-electron chi connectivity index (χ2n) is 4.75. The van der Waals surface area contributed by atoms with Crippen LogP contribution in [0.5, 0.6) is 0 Å². The Hall–Kier alpha value is -3.06. The van der Waals surface area contributed by atoms with Crippen molar-refractivity contribution in [3.63, 3.8) is 0 Å². The number of nitrogens with zero attached hydrogens (tertiary/aromatic N) is 2. The molecule has 1 unspecified atom stereocenters. The number of benzene rings is 2. The molecule has 22 heavy (non-hydrogen) atoms. The van der Waals surface area contributed by atoms with Crippen molar-refractivity contribution in [1.29, 1.82) is 0 Å². The van der Waals surface area contributed by atoms with Crippen LogP contribution in [0, 0.1) is 10.1 Å². The summed E-state index contributed by atoms with van der Waals surface area (Å²) < 4.78 is 0. The first kappa shape index (κ1) is 13.9. The number of carbonyl (C=O) groups excluding carboxylic acids is 2. The van der Waals surface area contributed by atoms with Crippen molar-refractivity contribution >= 4 is 23.1 Å². The standard InChI is InChI=1S/C15H11N3O4/c19-14-13(10-4-2-1-3-5-10)16-17(15(14)20)11-6-8-12(9-7-11)18(21)22/h1-9,13,16H. The summed E-state index contributed by atoms with van der Waals surface area (Å²) in [7, 11) is 0. The Morgan fingerprint density at radius 1 is 1.00 bits per heavy atom. The zero-order chi connectivity index (χ0) is 15.7. The quantitative estimate of drug-likeness (QED) is 0.529. The summed E-state index contributed by atoms with van der Waals surface area (Å²) in [6, 6.07) is 13.5. The van der Waals surface area contributed by atoms with Gasteiger partial charge < -0.3 is 0 Å². The smallest absolute Gasteiger partial charge is 0.286 e. The van der Waals surface area contributed by atoms with Crippen molar-refractivity contribution in [3.05, 3.63) is 70.3 Å². The third-order valence-electron chi connectivity index (χ3n) is 3.39. The molecule has 7 nitrogen and oxygen atoms in total. The molecule has 110 valence electrons. The van der Waals surface area contributed by atoms with Gasteiger partial charge in [-0.2, -0.15) is 0 Å². The Bertz CT molecular complexity index is 743. The third-order valence-corrected chi connectivity index (χ3v) is 3.39. The second kappa shape index (κ2) is 5.38. The molecule has 1 aliphatic heterocycles. The molecule has 0 saturated carbocycles.